The average molecular weight is 355 g/mol. The number of hydrogen-bond donors (Lipinski definition) is 2. The van der Waals surface area contributed by atoms with Crippen molar-refractivity contribution >= 4 is 21.7 Å². The lowest BCUT2D eigenvalue weighted by molar-refractivity contribution is -0.141. The SMILES string of the molecule is COCCS(=O)(=O)c1ccc(C(=O)N[C@@H]2CC[C@H](C(=O)O)C2)cc1. The molecule has 0 unspecified atom stereocenters. The van der Waals surface area contributed by atoms with Crippen molar-refractivity contribution in [2.75, 3.05) is 19.5 Å². The van der Waals surface area contributed by atoms with E-state index in [0.29, 0.717) is 24.8 Å². The van der Waals surface area contributed by atoms with Gasteiger partial charge in [-0.15, -0.1) is 0 Å². The molecule has 0 radical (unpaired) electrons. The molecule has 24 heavy (non-hydrogen) atoms. The van der Waals surface area contributed by atoms with Crippen LogP contribution >= 0.6 is 0 Å². The molecule has 2 atom stereocenters. The molecule has 1 aliphatic carbocycles. The molecule has 2 N–H and O–H groups in total. The molecule has 1 fully saturated rings. The maximum absolute atomic E-state index is 12.2. The summed E-state index contributed by atoms with van der Waals surface area (Å²) in [6.07, 6.45) is 1.60. The summed E-state index contributed by atoms with van der Waals surface area (Å²) < 4.78 is 28.8. The molecule has 2 rings (SSSR count). The molecule has 0 aliphatic heterocycles. The lowest BCUT2D eigenvalue weighted by Gasteiger charge is -2.12. The number of carbonyl (C=O) groups is 2. The van der Waals surface area contributed by atoms with Gasteiger partial charge in [0, 0.05) is 18.7 Å². The van der Waals surface area contributed by atoms with Crippen molar-refractivity contribution < 1.29 is 27.9 Å². The number of aliphatic carboxylic acids is 1. The molecule has 0 aromatic heterocycles. The summed E-state index contributed by atoms with van der Waals surface area (Å²) >= 11 is 0. The van der Waals surface area contributed by atoms with Crippen LogP contribution < -0.4 is 5.32 Å². The standard InChI is InChI=1S/C16H21NO6S/c1-23-8-9-24(21,22)14-6-3-11(4-7-14)15(18)17-13-5-2-12(10-13)16(19)20/h3-4,6-7,12-13H,2,5,8-10H2,1H3,(H,17,18)(H,19,20)/t12-,13+/m0/s1. The van der Waals surface area contributed by atoms with E-state index in [1.807, 2.05) is 0 Å². The number of rotatable bonds is 7. The number of carboxylic acids is 1. The molecule has 0 saturated heterocycles. The highest BCUT2D eigenvalue weighted by Crippen LogP contribution is 2.26. The van der Waals surface area contributed by atoms with Gasteiger partial charge in [-0.3, -0.25) is 9.59 Å². The van der Waals surface area contributed by atoms with E-state index in [4.69, 9.17) is 9.84 Å². The van der Waals surface area contributed by atoms with Gasteiger partial charge in [-0.1, -0.05) is 0 Å². The van der Waals surface area contributed by atoms with Crippen LogP contribution in [0.4, 0.5) is 0 Å². The summed E-state index contributed by atoms with van der Waals surface area (Å²) in [6, 6.07) is 5.55. The van der Waals surface area contributed by atoms with Crippen molar-refractivity contribution in [2.24, 2.45) is 5.92 Å². The first-order valence-corrected chi connectivity index (χ1v) is 9.34. The molecular weight excluding hydrogens is 334 g/mol. The fourth-order valence-electron chi connectivity index (χ4n) is 2.73. The minimum absolute atomic E-state index is 0.108. The number of carbonyl (C=O) groups excluding carboxylic acids is 1. The van der Waals surface area contributed by atoms with Crippen LogP contribution in [0.5, 0.6) is 0 Å². The van der Waals surface area contributed by atoms with Crippen LogP contribution in [0.2, 0.25) is 0 Å². The number of ether oxygens (including phenoxy) is 1. The van der Waals surface area contributed by atoms with Gasteiger partial charge in [0.15, 0.2) is 9.84 Å². The predicted octanol–water partition coefficient (Wildman–Crippen LogP) is 1.09. The monoisotopic (exact) mass is 355 g/mol. The zero-order valence-corrected chi connectivity index (χ0v) is 14.2. The van der Waals surface area contributed by atoms with Gasteiger partial charge in [0.25, 0.3) is 5.91 Å². The Morgan fingerprint density at radius 1 is 1.25 bits per heavy atom. The van der Waals surface area contributed by atoms with E-state index in [-0.39, 0.29) is 29.2 Å². The van der Waals surface area contributed by atoms with Gasteiger partial charge in [0.1, 0.15) is 0 Å². The van der Waals surface area contributed by atoms with Crippen molar-refractivity contribution in [1.29, 1.82) is 0 Å². The molecule has 0 spiro atoms. The van der Waals surface area contributed by atoms with E-state index in [2.05, 4.69) is 5.32 Å². The Morgan fingerprint density at radius 3 is 2.46 bits per heavy atom. The van der Waals surface area contributed by atoms with Crippen LogP contribution in [-0.4, -0.2) is 50.9 Å². The van der Waals surface area contributed by atoms with Gasteiger partial charge < -0.3 is 15.2 Å². The summed E-state index contributed by atoms with van der Waals surface area (Å²) in [6.45, 7) is 0.108. The van der Waals surface area contributed by atoms with Gasteiger partial charge in [-0.25, -0.2) is 8.42 Å². The minimum atomic E-state index is -3.43. The lowest BCUT2D eigenvalue weighted by atomic mass is 10.1. The molecule has 1 saturated carbocycles. The molecule has 0 bridgehead atoms. The number of amides is 1. The maximum Gasteiger partial charge on any atom is 0.306 e. The first kappa shape index (κ1) is 18.4. The summed E-state index contributed by atoms with van der Waals surface area (Å²) in [4.78, 5) is 23.3. The van der Waals surface area contributed by atoms with E-state index < -0.39 is 21.7 Å². The third-order valence-corrected chi connectivity index (χ3v) is 5.84. The van der Waals surface area contributed by atoms with Crippen molar-refractivity contribution in [3.63, 3.8) is 0 Å². The fraction of sp³-hybridized carbons (Fsp3) is 0.500. The highest BCUT2D eigenvalue weighted by Gasteiger charge is 2.30. The highest BCUT2D eigenvalue weighted by molar-refractivity contribution is 7.91. The third kappa shape index (κ3) is 4.55. The molecule has 7 nitrogen and oxygen atoms in total. The minimum Gasteiger partial charge on any atom is -0.481 e. The average Bonchev–Trinajstić information content (AvgIpc) is 3.02. The van der Waals surface area contributed by atoms with Gasteiger partial charge in [-0.05, 0) is 43.5 Å². The molecule has 1 aliphatic rings. The second kappa shape index (κ2) is 7.76. The molecular formula is C16H21NO6S. The van der Waals surface area contributed by atoms with E-state index >= 15 is 0 Å². The van der Waals surface area contributed by atoms with Gasteiger partial charge in [0.05, 0.1) is 23.2 Å². The van der Waals surface area contributed by atoms with Crippen LogP contribution in [0, 0.1) is 5.92 Å². The van der Waals surface area contributed by atoms with E-state index in [1.165, 1.54) is 31.4 Å². The first-order valence-electron chi connectivity index (χ1n) is 7.69. The Morgan fingerprint density at radius 2 is 1.92 bits per heavy atom. The van der Waals surface area contributed by atoms with Crippen molar-refractivity contribution in [3.05, 3.63) is 29.8 Å². The van der Waals surface area contributed by atoms with Crippen LogP contribution in [0.15, 0.2) is 29.2 Å². The molecule has 132 valence electrons. The summed E-state index contributed by atoms with van der Waals surface area (Å²) in [5.74, 6) is -1.69. The summed E-state index contributed by atoms with van der Waals surface area (Å²) in [5, 5.41) is 11.8. The number of hydrogen-bond acceptors (Lipinski definition) is 5. The number of methoxy groups -OCH3 is 1. The second-order valence-electron chi connectivity index (χ2n) is 5.85. The van der Waals surface area contributed by atoms with Crippen molar-refractivity contribution in [1.82, 2.24) is 5.32 Å². The largest absolute Gasteiger partial charge is 0.481 e. The van der Waals surface area contributed by atoms with Gasteiger partial charge >= 0.3 is 5.97 Å². The summed E-state index contributed by atoms with van der Waals surface area (Å²) in [7, 11) is -1.99. The Bertz CT molecular complexity index is 698. The summed E-state index contributed by atoms with van der Waals surface area (Å²) in [5.41, 5.74) is 0.347. The number of carboxylic acid groups (broad SMARTS) is 1. The predicted molar refractivity (Wildman–Crippen MR) is 86.6 cm³/mol. The van der Waals surface area contributed by atoms with Gasteiger partial charge in [0.2, 0.25) is 0 Å². The van der Waals surface area contributed by atoms with E-state index in [1.54, 1.807) is 0 Å². The zero-order chi connectivity index (χ0) is 17.7. The Hall–Kier alpha value is -1.93. The number of sulfone groups is 1. The van der Waals surface area contributed by atoms with Crippen molar-refractivity contribution in [3.8, 4) is 0 Å². The topological polar surface area (TPSA) is 110 Å². The molecule has 1 aromatic rings. The Balaban J connectivity index is 1.98. The van der Waals surface area contributed by atoms with Gasteiger partial charge in [-0.2, -0.15) is 0 Å². The molecule has 8 heteroatoms. The van der Waals surface area contributed by atoms with Crippen LogP contribution in [0.1, 0.15) is 29.6 Å². The van der Waals surface area contributed by atoms with Crippen LogP contribution in [0.25, 0.3) is 0 Å². The van der Waals surface area contributed by atoms with Crippen LogP contribution in [0.3, 0.4) is 0 Å². The Kier molecular flexibility index (Phi) is 5.95. The van der Waals surface area contributed by atoms with E-state index in [0.717, 1.165) is 0 Å². The molecule has 1 amide bonds. The quantitative estimate of drug-likeness (QED) is 0.758. The lowest BCUT2D eigenvalue weighted by Crippen LogP contribution is -2.33. The Labute approximate surface area is 140 Å². The smallest absolute Gasteiger partial charge is 0.306 e. The zero-order valence-electron chi connectivity index (χ0n) is 13.4. The second-order valence-corrected chi connectivity index (χ2v) is 7.96. The molecule has 1 aromatic carbocycles. The number of benzene rings is 1. The normalized spacial score (nSPS) is 20.7. The third-order valence-electron chi connectivity index (χ3n) is 4.15. The first-order chi connectivity index (χ1) is 11.3. The fourth-order valence-corrected chi connectivity index (χ4v) is 3.90. The van der Waals surface area contributed by atoms with Crippen LogP contribution in [-0.2, 0) is 19.4 Å². The van der Waals surface area contributed by atoms with E-state index in [9.17, 15) is 18.0 Å². The number of nitrogens with one attached hydrogen (secondary N) is 1. The molecule has 0 heterocycles. The van der Waals surface area contributed by atoms with Crippen molar-refractivity contribution in [2.45, 2.75) is 30.2 Å². The maximum atomic E-state index is 12.2. The highest BCUT2D eigenvalue weighted by atomic mass is 32.2.